The number of thiol groups is 1. The summed E-state index contributed by atoms with van der Waals surface area (Å²) in [5.41, 5.74) is -0.953. The van der Waals surface area contributed by atoms with Crippen LogP contribution in [0.5, 0.6) is 0 Å². The monoisotopic (exact) mass is 362 g/mol. The summed E-state index contributed by atoms with van der Waals surface area (Å²) in [5.74, 6) is -0.288. The van der Waals surface area contributed by atoms with Crippen LogP contribution in [0.4, 0.5) is 10.5 Å². The molecule has 1 aliphatic rings. The third kappa shape index (κ3) is 3.80. The fourth-order valence-corrected chi connectivity index (χ4v) is 2.96. The first-order valence-corrected chi connectivity index (χ1v) is 7.81. The van der Waals surface area contributed by atoms with Gasteiger partial charge in [-0.3, -0.25) is 14.6 Å². The van der Waals surface area contributed by atoms with Gasteiger partial charge in [-0.25, -0.2) is 4.79 Å². The third-order valence-electron chi connectivity index (χ3n) is 2.84. The molecule has 1 aromatic carbocycles. The molecule has 0 radical (unpaired) electrons. The maximum atomic E-state index is 12.2. The molecular formula is C14H16Cl2N2O3S. The van der Waals surface area contributed by atoms with E-state index < -0.39 is 17.2 Å². The largest absolute Gasteiger partial charge is 0.444 e. The van der Waals surface area contributed by atoms with Gasteiger partial charge < -0.3 is 4.74 Å². The van der Waals surface area contributed by atoms with Crippen molar-refractivity contribution < 1.29 is 14.3 Å². The molecule has 0 N–H and O–H groups in total. The number of carbonyl (C=O) groups is 2. The molecule has 0 aliphatic carbocycles. The van der Waals surface area contributed by atoms with Crippen LogP contribution in [0.15, 0.2) is 18.2 Å². The molecule has 0 spiro atoms. The maximum Gasteiger partial charge on any atom is 0.413 e. The topological polar surface area (TPSA) is 49.9 Å². The predicted molar refractivity (Wildman–Crippen MR) is 89.7 cm³/mol. The molecule has 1 unspecified atom stereocenters. The van der Waals surface area contributed by atoms with Crippen LogP contribution in [-0.2, 0) is 9.53 Å². The highest BCUT2D eigenvalue weighted by atomic mass is 35.5. The molecule has 2 rings (SSSR count). The summed E-state index contributed by atoms with van der Waals surface area (Å²) >= 11 is 16.3. The van der Waals surface area contributed by atoms with E-state index in [1.54, 1.807) is 39.0 Å². The van der Waals surface area contributed by atoms with Crippen LogP contribution in [0.1, 0.15) is 20.8 Å². The first-order valence-electron chi connectivity index (χ1n) is 6.54. The number of hydrogen-bond acceptors (Lipinski definition) is 4. The Hall–Kier alpha value is -1.11. The smallest absolute Gasteiger partial charge is 0.413 e. The highest BCUT2D eigenvalue weighted by molar-refractivity contribution is 7.81. The van der Waals surface area contributed by atoms with E-state index >= 15 is 0 Å². The lowest BCUT2D eigenvalue weighted by atomic mass is 10.2. The molecule has 0 bridgehead atoms. The van der Waals surface area contributed by atoms with E-state index in [0.717, 1.165) is 0 Å². The van der Waals surface area contributed by atoms with Crippen molar-refractivity contribution in [1.82, 2.24) is 4.90 Å². The average Bonchev–Trinajstić information content (AvgIpc) is 2.61. The molecule has 1 aliphatic heterocycles. The molecule has 120 valence electrons. The molecule has 22 heavy (non-hydrogen) atoms. The second-order valence-electron chi connectivity index (χ2n) is 5.85. The minimum atomic E-state index is -0.781. The first-order chi connectivity index (χ1) is 10.1. The van der Waals surface area contributed by atoms with Gasteiger partial charge in [0.2, 0.25) is 5.91 Å². The van der Waals surface area contributed by atoms with E-state index in [0.29, 0.717) is 15.7 Å². The van der Waals surface area contributed by atoms with Gasteiger partial charge in [-0.1, -0.05) is 23.2 Å². The van der Waals surface area contributed by atoms with Crippen molar-refractivity contribution in [1.29, 1.82) is 0 Å². The van der Waals surface area contributed by atoms with E-state index in [1.807, 2.05) is 0 Å². The van der Waals surface area contributed by atoms with Crippen LogP contribution >= 0.6 is 35.8 Å². The number of anilines is 1. The zero-order chi connectivity index (χ0) is 16.7. The number of amides is 2. The van der Waals surface area contributed by atoms with Crippen LogP contribution in [0.3, 0.4) is 0 Å². The number of carbonyl (C=O) groups excluding carboxylic acids is 2. The Bertz CT molecular complexity index is 598. The van der Waals surface area contributed by atoms with Crippen molar-refractivity contribution in [3.8, 4) is 0 Å². The van der Waals surface area contributed by atoms with Crippen LogP contribution in [0, 0.1) is 0 Å². The SMILES string of the molecule is CC(C)(C)OC(=O)N1CC(=O)N(c2cc(Cl)cc(Cl)c2)C1S. The van der Waals surface area contributed by atoms with Crippen molar-refractivity contribution in [3.05, 3.63) is 28.2 Å². The molecule has 1 saturated heterocycles. The van der Waals surface area contributed by atoms with Crippen molar-refractivity contribution in [2.24, 2.45) is 0 Å². The molecule has 2 amide bonds. The molecule has 0 aromatic heterocycles. The van der Waals surface area contributed by atoms with E-state index in [-0.39, 0.29) is 12.5 Å². The van der Waals surface area contributed by atoms with Crippen molar-refractivity contribution in [3.63, 3.8) is 0 Å². The number of ether oxygens (including phenoxy) is 1. The van der Waals surface area contributed by atoms with Crippen LogP contribution in [0.25, 0.3) is 0 Å². The van der Waals surface area contributed by atoms with E-state index in [4.69, 9.17) is 27.9 Å². The van der Waals surface area contributed by atoms with E-state index in [2.05, 4.69) is 12.6 Å². The zero-order valence-corrected chi connectivity index (χ0v) is 14.7. The molecule has 1 atom stereocenters. The summed E-state index contributed by atoms with van der Waals surface area (Å²) in [6.07, 6.45) is -0.600. The second kappa shape index (κ2) is 6.18. The predicted octanol–water partition coefficient (Wildman–Crippen LogP) is 3.79. The Morgan fingerprint density at radius 3 is 2.32 bits per heavy atom. The standard InChI is InChI=1S/C14H16Cl2N2O3S/c1-14(2,3)21-13(20)17-7-11(19)18(12(17)22)10-5-8(15)4-9(16)6-10/h4-6,12,22H,7H2,1-3H3. The molecule has 1 fully saturated rings. The van der Waals surface area contributed by atoms with Crippen LogP contribution in [-0.4, -0.2) is 34.5 Å². The van der Waals surface area contributed by atoms with Gasteiger partial charge in [0.05, 0.1) is 0 Å². The normalized spacial score (nSPS) is 18.8. The lowest BCUT2D eigenvalue weighted by molar-refractivity contribution is -0.116. The Morgan fingerprint density at radius 1 is 1.27 bits per heavy atom. The minimum Gasteiger partial charge on any atom is -0.444 e. The summed E-state index contributed by atoms with van der Waals surface area (Å²) < 4.78 is 5.28. The lowest BCUT2D eigenvalue weighted by Crippen LogP contribution is -2.41. The van der Waals surface area contributed by atoms with Gasteiger partial charge in [-0.2, -0.15) is 0 Å². The Labute approximate surface area is 144 Å². The summed E-state index contributed by atoms with van der Waals surface area (Å²) in [4.78, 5) is 27.0. The zero-order valence-electron chi connectivity index (χ0n) is 12.3. The first kappa shape index (κ1) is 17.2. The van der Waals surface area contributed by atoms with Gasteiger partial charge >= 0.3 is 6.09 Å². The molecule has 8 heteroatoms. The van der Waals surface area contributed by atoms with Gasteiger partial charge in [0, 0.05) is 15.7 Å². The molecule has 0 saturated carbocycles. The van der Waals surface area contributed by atoms with Crippen LogP contribution < -0.4 is 4.90 Å². The maximum absolute atomic E-state index is 12.2. The quantitative estimate of drug-likeness (QED) is 0.773. The Kier molecular flexibility index (Phi) is 4.84. The highest BCUT2D eigenvalue weighted by Crippen LogP contribution is 2.32. The summed E-state index contributed by atoms with van der Waals surface area (Å²) in [6.45, 7) is 5.15. The Morgan fingerprint density at radius 2 is 1.82 bits per heavy atom. The lowest BCUT2D eigenvalue weighted by Gasteiger charge is -2.28. The summed E-state index contributed by atoms with van der Waals surface area (Å²) in [7, 11) is 0. The molecule has 5 nitrogen and oxygen atoms in total. The van der Waals surface area contributed by atoms with Crippen molar-refractivity contribution in [2.45, 2.75) is 31.9 Å². The van der Waals surface area contributed by atoms with E-state index in [1.165, 1.54) is 9.80 Å². The van der Waals surface area contributed by atoms with Crippen molar-refractivity contribution >= 4 is 53.5 Å². The second-order valence-corrected chi connectivity index (χ2v) is 7.18. The van der Waals surface area contributed by atoms with E-state index in [9.17, 15) is 9.59 Å². The van der Waals surface area contributed by atoms with Gasteiger partial charge in [-0.05, 0) is 39.0 Å². The number of rotatable bonds is 1. The third-order valence-corrected chi connectivity index (χ3v) is 3.78. The average molecular weight is 363 g/mol. The molecular weight excluding hydrogens is 347 g/mol. The van der Waals surface area contributed by atoms with Gasteiger partial charge in [-0.15, -0.1) is 12.6 Å². The fraction of sp³-hybridized carbons (Fsp3) is 0.429. The molecule has 1 aromatic rings. The van der Waals surface area contributed by atoms with Crippen molar-refractivity contribution in [2.75, 3.05) is 11.4 Å². The highest BCUT2D eigenvalue weighted by Gasteiger charge is 2.41. The summed E-state index contributed by atoms with van der Waals surface area (Å²) in [5, 5.41) is 0.790. The number of benzene rings is 1. The number of nitrogens with zero attached hydrogens (tertiary/aromatic N) is 2. The van der Waals surface area contributed by atoms with Crippen LogP contribution in [0.2, 0.25) is 10.0 Å². The van der Waals surface area contributed by atoms with Gasteiger partial charge in [0.1, 0.15) is 12.1 Å². The summed E-state index contributed by atoms with van der Waals surface area (Å²) in [6, 6.07) is 4.74. The fourth-order valence-electron chi connectivity index (χ4n) is 2.01. The minimum absolute atomic E-state index is 0.118. The van der Waals surface area contributed by atoms with Gasteiger partial charge in [0.25, 0.3) is 0 Å². The Balaban J connectivity index is 2.25. The number of hydrogen-bond donors (Lipinski definition) is 1. The number of halogens is 2. The molecule has 1 heterocycles. The van der Waals surface area contributed by atoms with Gasteiger partial charge in [0.15, 0.2) is 5.50 Å².